The van der Waals surface area contributed by atoms with Crippen molar-refractivity contribution in [2.24, 2.45) is 11.8 Å². The number of nitrogens with one attached hydrogen (secondary N) is 1. The molecule has 1 aromatic carbocycles. The highest BCUT2D eigenvalue weighted by molar-refractivity contribution is 5.94. The van der Waals surface area contributed by atoms with Crippen molar-refractivity contribution < 1.29 is 18.7 Å². The Kier molecular flexibility index (Phi) is 5.40. The predicted octanol–water partition coefficient (Wildman–Crippen LogP) is 2.89. The van der Waals surface area contributed by atoms with Gasteiger partial charge < -0.3 is 14.5 Å². The van der Waals surface area contributed by atoms with Crippen LogP contribution in [0.4, 0.5) is 0 Å². The van der Waals surface area contributed by atoms with Gasteiger partial charge in [-0.3, -0.25) is 4.79 Å². The zero-order chi connectivity index (χ0) is 18.7. The fourth-order valence-corrected chi connectivity index (χ4v) is 3.45. The Morgan fingerprint density at radius 3 is 2.81 bits per heavy atom. The van der Waals surface area contributed by atoms with Crippen LogP contribution in [-0.4, -0.2) is 24.5 Å². The standard InChI is InChI=1S/C20H23NO5/c1-12-6-5-8-16(13(12)2)21-18(22)11-25-19(23)15-10-14-7-3-4-9-17(14)26-20(15)24/h3-4,7,9-10,12-13,16H,5-6,8,11H2,1-2H3,(H,21,22)/t12-,13+,16-/m1/s1. The molecule has 26 heavy (non-hydrogen) atoms. The molecule has 1 amide bonds. The first-order chi connectivity index (χ1) is 12.5. The number of hydrogen-bond donors (Lipinski definition) is 1. The Morgan fingerprint density at radius 2 is 2.00 bits per heavy atom. The van der Waals surface area contributed by atoms with Crippen LogP contribution in [0.5, 0.6) is 0 Å². The summed E-state index contributed by atoms with van der Waals surface area (Å²) in [6.45, 7) is 3.89. The molecule has 6 nitrogen and oxygen atoms in total. The largest absolute Gasteiger partial charge is 0.452 e. The van der Waals surface area contributed by atoms with Gasteiger partial charge in [0.2, 0.25) is 0 Å². The van der Waals surface area contributed by atoms with Crippen molar-refractivity contribution in [1.82, 2.24) is 5.32 Å². The summed E-state index contributed by atoms with van der Waals surface area (Å²) in [5, 5.41) is 3.55. The lowest BCUT2D eigenvalue weighted by molar-refractivity contribution is -0.125. The molecule has 1 aliphatic rings. The summed E-state index contributed by atoms with van der Waals surface area (Å²) in [4.78, 5) is 36.2. The van der Waals surface area contributed by atoms with Crippen molar-refractivity contribution >= 4 is 22.8 Å². The molecule has 1 fully saturated rings. The maximum atomic E-state index is 12.2. The van der Waals surface area contributed by atoms with Gasteiger partial charge >= 0.3 is 11.6 Å². The molecule has 0 saturated heterocycles. The highest BCUT2D eigenvalue weighted by atomic mass is 16.5. The van der Waals surface area contributed by atoms with E-state index >= 15 is 0 Å². The first-order valence-electron chi connectivity index (χ1n) is 8.95. The molecule has 1 aromatic heterocycles. The van der Waals surface area contributed by atoms with Crippen molar-refractivity contribution in [2.45, 2.75) is 39.2 Å². The number of hydrogen-bond acceptors (Lipinski definition) is 5. The van der Waals surface area contributed by atoms with E-state index in [1.165, 1.54) is 12.5 Å². The molecule has 3 rings (SSSR count). The van der Waals surface area contributed by atoms with Gasteiger partial charge in [-0.05, 0) is 30.4 Å². The molecule has 1 aliphatic carbocycles. The lowest BCUT2D eigenvalue weighted by Crippen LogP contribution is -2.45. The Labute approximate surface area is 151 Å². The van der Waals surface area contributed by atoms with Crippen molar-refractivity contribution in [3.63, 3.8) is 0 Å². The summed E-state index contributed by atoms with van der Waals surface area (Å²) in [7, 11) is 0. The van der Waals surface area contributed by atoms with E-state index in [2.05, 4.69) is 19.2 Å². The number of amides is 1. The van der Waals surface area contributed by atoms with Crippen molar-refractivity contribution in [3.8, 4) is 0 Å². The molecule has 0 unspecified atom stereocenters. The summed E-state index contributed by atoms with van der Waals surface area (Å²) in [6.07, 6.45) is 3.17. The molecule has 2 aromatic rings. The smallest absolute Gasteiger partial charge is 0.351 e. The minimum atomic E-state index is -0.857. The van der Waals surface area contributed by atoms with Crippen molar-refractivity contribution in [1.29, 1.82) is 0 Å². The normalized spacial score (nSPS) is 22.8. The number of esters is 1. The number of para-hydroxylation sites is 1. The van der Waals surface area contributed by atoms with Crippen LogP contribution in [0.2, 0.25) is 0 Å². The second kappa shape index (κ2) is 7.72. The zero-order valence-electron chi connectivity index (χ0n) is 15.0. The predicted molar refractivity (Wildman–Crippen MR) is 96.9 cm³/mol. The minimum absolute atomic E-state index is 0.0932. The van der Waals surface area contributed by atoms with E-state index in [9.17, 15) is 14.4 Å². The van der Waals surface area contributed by atoms with Gasteiger partial charge in [-0.2, -0.15) is 0 Å². The number of ether oxygens (including phenoxy) is 1. The highest BCUT2D eigenvalue weighted by Gasteiger charge is 2.28. The lowest BCUT2D eigenvalue weighted by Gasteiger charge is -2.34. The number of benzene rings is 1. The average Bonchev–Trinajstić information content (AvgIpc) is 2.63. The lowest BCUT2D eigenvalue weighted by atomic mass is 9.78. The van der Waals surface area contributed by atoms with Crippen LogP contribution in [0.25, 0.3) is 11.0 Å². The van der Waals surface area contributed by atoms with E-state index in [1.807, 2.05) is 0 Å². The van der Waals surface area contributed by atoms with Gasteiger partial charge in [-0.15, -0.1) is 0 Å². The average molecular weight is 357 g/mol. The van der Waals surface area contributed by atoms with Gasteiger partial charge in [0.05, 0.1) is 0 Å². The van der Waals surface area contributed by atoms with E-state index in [4.69, 9.17) is 9.15 Å². The fourth-order valence-electron chi connectivity index (χ4n) is 3.45. The van der Waals surface area contributed by atoms with Gasteiger partial charge in [0.25, 0.3) is 5.91 Å². The monoisotopic (exact) mass is 357 g/mol. The van der Waals surface area contributed by atoms with Crippen LogP contribution in [0, 0.1) is 11.8 Å². The topological polar surface area (TPSA) is 85.6 Å². The van der Waals surface area contributed by atoms with Crippen molar-refractivity contribution in [2.75, 3.05) is 6.61 Å². The quantitative estimate of drug-likeness (QED) is 0.672. The van der Waals surface area contributed by atoms with E-state index in [1.54, 1.807) is 24.3 Å². The highest BCUT2D eigenvalue weighted by Crippen LogP contribution is 2.29. The van der Waals surface area contributed by atoms with Crippen LogP contribution in [0.3, 0.4) is 0 Å². The Bertz CT molecular complexity index is 872. The second-order valence-corrected chi connectivity index (χ2v) is 7.00. The molecular weight excluding hydrogens is 334 g/mol. The molecule has 0 spiro atoms. The van der Waals surface area contributed by atoms with Crippen LogP contribution in [0.1, 0.15) is 43.5 Å². The Morgan fingerprint density at radius 1 is 1.23 bits per heavy atom. The SMILES string of the molecule is C[C@H]1[C@H](C)CCC[C@H]1NC(=O)COC(=O)c1cc2ccccc2oc1=O. The fraction of sp³-hybridized carbons (Fsp3) is 0.450. The first-order valence-corrected chi connectivity index (χ1v) is 8.95. The molecule has 0 radical (unpaired) electrons. The van der Waals surface area contributed by atoms with Crippen LogP contribution in [0.15, 0.2) is 39.5 Å². The van der Waals surface area contributed by atoms with Gasteiger partial charge in [-0.25, -0.2) is 9.59 Å². The third kappa shape index (κ3) is 3.95. The molecule has 1 saturated carbocycles. The Hall–Kier alpha value is -2.63. The second-order valence-electron chi connectivity index (χ2n) is 7.00. The summed E-state index contributed by atoms with van der Waals surface area (Å²) in [5.41, 5.74) is -0.591. The number of fused-ring (bicyclic) bond motifs is 1. The maximum Gasteiger partial charge on any atom is 0.351 e. The van der Waals surface area contributed by atoms with Crippen LogP contribution >= 0.6 is 0 Å². The molecule has 1 heterocycles. The Balaban J connectivity index is 1.61. The van der Waals surface area contributed by atoms with E-state index in [-0.39, 0.29) is 17.5 Å². The summed E-state index contributed by atoms with van der Waals surface area (Å²) >= 11 is 0. The first kappa shape index (κ1) is 18.2. The van der Waals surface area contributed by atoms with Crippen LogP contribution in [-0.2, 0) is 9.53 Å². The molecule has 0 aliphatic heterocycles. The van der Waals surface area contributed by atoms with Gasteiger partial charge in [-0.1, -0.05) is 44.9 Å². The number of carbonyl (C=O) groups is 2. The maximum absolute atomic E-state index is 12.2. The van der Waals surface area contributed by atoms with Gasteiger partial charge in [0.1, 0.15) is 11.1 Å². The molecule has 0 bridgehead atoms. The van der Waals surface area contributed by atoms with E-state index in [0.717, 1.165) is 12.8 Å². The molecular formula is C20H23NO5. The van der Waals surface area contributed by atoms with Gasteiger partial charge in [0.15, 0.2) is 6.61 Å². The van der Waals surface area contributed by atoms with E-state index in [0.29, 0.717) is 22.8 Å². The zero-order valence-corrected chi connectivity index (χ0v) is 15.0. The van der Waals surface area contributed by atoms with Gasteiger partial charge in [0, 0.05) is 11.4 Å². The summed E-state index contributed by atoms with van der Waals surface area (Å²) in [6, 6.07) is 8.40. The summed E-state index contributed by atoms with van der Waals surface area (Å²) in [5.74, 6) is -0.269. The molecule has 6 heteroatoms. The molecule has 138 valence electrons. The third-order valence-corrected chi connectivity index (χ3v) is 5.25. The minimum Gasteiger partial charge on any atom is -0.452 e. The molecule has 3 atom stereocenters. The third-order valence-electron chi connectivity index (χ3n) is 5.25. The number of rotatable bonds is 4. The van der Waals surface area contributed by atoms with Crippen LogP contribution < -0.4 is 10.9 Å². The molecule has 1 N–H and O–H groups in total. The number of carbonyl (C=O) groups excluding carboxylic acids is 2. The van der Waals surface area contributed by atoms with E-state index < -0.39 is 18.2 Å². The summed E-state index contributed by atoms with van der Waals surface area (Å²) < 4.78 is 10.1. The van der Waals surface area contributed by atoms with Crippen molar-refractivity contribution in [3.05, 3.63) is 46.3 Å².